The van der Waals surface area contributed by atoms with Crippen molar-refractivity contribution >= 4 is 33.7 Å². The number of aromatic amines is 1. The second-order valence-electron chi connectivity index (χ2n) is 3.59. The number of anilines is 1. The van der Waals surface area contributed by atoms with Crippen LogP contribution >= 0.6 is 22.7 Å². The maximum Gasteiger partial charge on any atom is 0.258 e. The highest BCUT2D eigenvalue weighted by Crippen LogP contribution is 2.23. The molecule has 90 valence electrons. The first-order valence-electron chi connectivity index (χ1n) is 5.26. The van der Waals surface area contributed by atoms with Gasteiger partial charge in [-0.2, -0.15) is 11.3 Å². The lowest BCUT2D eigenvalue weighted by molar-refractivity contribution is 0.102. The van der Waals surface area contributed by atoms with E-state index in [1.807, 2.05) is 34.5 Å². The number of nitrogens with zero attached hydrogens (tertiary/aromatic N) is 1. The Morgan fingerprint density at radius 3 is 3.00 bits per heavy atom. The van der Waals surface area contributed by atoms with E-state index < -0.39 is 0 Å². The Labute approximate surface area is 111 Å². The standard InChI is InChI=1S/C12H9N3OS2/c16-11(8-3-5-17-6-8)15-12-14-10(7-18-12)9-2-1-4-13-9/h1-7,13H,(H,14,15,16). The zero-order valence-electron chi connectivity index (χ0n) is 9.21. The first-order chi connectivity index (χ1) is 8.83. The number of H-pyrrole nitrogens is 1. The number of rotatable bonds is 3. The van der Waals surface area contributed by atoms with Gasteiger partial charge in [-0.05, 0) is 23.6 Å². The number of carbonyl (C=O) groups is 1. The van der Waals surface area contributed by atoms with Crippen LogP contribution in [0, 0.1) is 0 Å². The molecule has 0 saturated heterocycles. The summed E-state index contributed by atoms with van der Waals surface area (Å²) in [6, 6.07) is 5.65. The predicted molar refractivity (Wildman–Crippen MR) is 74.2 cm³/mol. The van der Waals surface area contributed by atoms with Gasteiger partial charge in [0.15, 0.2) is 5.13 Å². The number of carbonyl (C=O) groups excluding carboxylic acids is 1. The minimum absolute atomic E-state index is 0.122. The van der Waals surface area contributed by atoms with Gasteiger partial charge in [0.1, 0.15) is 0 Å². The summed E-state index contributed by atoms with van der Waals surface area (Å²) >= 11 is 2.91. The highest BCUT2D eigenvalue weighted by molar-refractivity contribution is 7.14. The van der Waals surface area contributed by atoms with E-state index >= 15 is 0 Å². The van der Waals surface area contributed by atoms with Crippen molar-refractivity contribution in [1.29, 1.82) is 0 Å². The third-order valence-corrected chi connectivity index (χ3v) is 3.82. The average Bonchev–Trinajstić information content (AvgIpc) is 3.12. The third-order valence-electron chi connectivity index (χ3n) is 2.38. The summed E-state index contributed by atoms with van der Waals surface area (Å²) in [5, 5.41) is 9.00. The van der Waals surface area contributed by atoms with Crippen LogP contribution in [0.2, 0.25) is 0 Å². The number of aromatic nitrogens is 2. The molecule has 1 amide bonds. The van der Waals surface area contributed by atoms with Crippen LogP contribution in [-0.4, -0.2) is 15.9 Å². The van der Waals surface area contributed by atoms with Crippen molar-refractivity contribution in [3.05, 3.63) is 46.1 Å². The SMILES string of the molecule is O=C(Nc1nc(-c2ccc[nH]2)cs1)c1ccsc1. The minimum atomic E-state index is -0.122. The van der Waals surface area contributed by atoms with Gasteiger partial charge in [0.2, 0.25) is 0 Å². The van der Waals surface area contributed by atoms with Crippen LogP contribution in [-0.2, 0) is 0 Å². The first kappa shape index (κ1) is 11.2. The molecule has 0 saturated carbocycles. The maximum atomic E-state index is 11.8. The molecule has 0 aliphatic rings. The van der Waals surface area contributed by atoms with E-state index in [0.29, 0.717) is 10.7 Å². The first-order valence-corrected chi connectivity index (χ1v) is 7.08. The summed E-state index contributed by atoms with van der Waals surface area (Å²) in [4.78, 5) is 19.3. The van der Waals surface area contributed by atoms with Gasteiger partial charge in [0.05, 0.1) is 17.0 Å². The lowest BCUT2D eigenvalue weighted by Gasteiger charge is -1.97. The fraction of sp³-hybridized carbons (Fsp3) is 0. The zero-order chi connectivity index (χ0) is 12.4. The van der Waals surface area contributed by atoms with Crippen LogP contribution in [0.25, 0.3) is 11.4 Å². The summed E-state index contributed by atoms with van der Waals surface area (Å²) in [5.41, 5.74) is 2.45. The molecule has 0 atom stereocenters. The quantitative estimate of drug-likeness (QED) is 0.769. The molecule has 0 aliphatic heterocycles. The highest BCUT2D eigenvalue weighted by Gasteiger charge is 2.10. The third kappa shape index (κ3) is 2.20. The van der Waals surface area contributed by atoms with E-state index in [1.54, 1.807) is 6.07 Å². The summed E-state index contributed by atoms with van der Waals surface area (Å²) in [6.45, 7) is 0. The normalized spacial score (nSPS) is 10.4. The summed E-state index contributed by atoms with van der Waals surface area (Å²) in [5.74, 6) is -0.122. The molecular formula is C12H9N3OS2. The van der Waals surface area contributed by atoms with E-state index in [-0.39, 0.29) is 5.91 Å². The number of amides is 1. The molecule has 3 aromatic rings. The van der Waals surface area contributed by atoms with Crippen molar-refractivity contribution in [2.45, 2.75) is 0 Å². The van der Waals surface area contributed by atoms with Crippen LogP contribution in [0.4, 0.5) is 5.13 Å². The molecular weight excluding hydrogens is 266 g/mol. The van der Waals surface area contributed by atoms with Gasteiger partial charge in [0.25, 0.3) is 5.91 Å². The molecule has 0 spiro atoms. The Bertz CT molecular complexity index is 641. The van der Waals surface area contributed by atoms with E-state index in [1.165, 1.54) is 22.7 Å². The number of hydrogen-bond donors (Lipinski definition) is 2. The van der Waals surface area contributed by atoms with E-state index in [0.717, 1.165) is 11.4 Å². The average molecular weight is 275 g/mol. The molecule has 0 aliphatic carbocycles. The Balaban J connectivity index is 1.76. The number of thiazole rings is 1. The molecule has 18 heavy (non-hydrogen) atoms. The number of nitrogens with one attached hydrogen (secondary N) is 2. The molecule has 6 heteroatoms. The predicted octanol–water partition coefficient (Wildman–Crippen LogP) is 3.45. The second-order valence-corrected chi connectivity index (χ2v) is 5.23. The van der Waals surface area contributed by atoms with Crippen LogP contribution in [0.1, 0.15) is 10.4 Å². The van der Waals surface area contributed by atoms with Crippen molar-refractivity contribution < 1.29 is 4.79 Å². The number of hydrogen-bond acceptors (Lipinski definition) is 4. The molecule has 3 heterocycles. The fourth-order valence-corrected chi connectivity index (χ4v) is 2.85. The van der Waals surface area contributed by atoms with Gasteiger partial charge in [-0.3, -0.25) is 10.1 Å². The maximum absolute atomic E-state index is 11.8. The lowest BCUT2D eigenvalue weighted by Crippen LogP contribution is -2.10. The van der Waals surface area contributed by atoms with Crippen LogP contribution < -0.4 is 5.32 Å². The summed E-state index contributed by atoms with van der Waals surface area (Å²) < 4.78 is 0. The van der Waals surface area contributed by atoms with Crippen molar-refractivity contribution in [3.8, 4) is 11.4 Å². The van der Waals surface area contributed by atoms with Crippen molar-refractivity contribution in [3.63, 3.8) is 0 Å². The minimum Gasteiger partial charge on any atom is -0.360 e. The van der Waals surface area contributed by atoms with Gasteiger partial charge in [-0.15, -0.1) is 11.3 Å². The van der Waals surface area contributed by atoms with Crippen LogP contribution in [0.3, 0.4) is 0 Å². The van der Waals surface area contributed by atoms with Gasteiger partial charge >= 0.3 is 0 Å². The molecule has 2 N–H and O–H groups in total. The monoisotopic (exact) mass is 275 g/mol. The molecule has 4 nitrogen and oxygen atoms in total. The lowest BCUT2D eigenvalue weighted by atomic mass is 10.3. The number of thiophene rings is 1. The van der Waals surface area contributed by atoms with Crippen molar-refractivity contribution in [2.75, 3.05) is 5.32 Å². The Morgan fingerprint density at radius 1 is 1.33 bits per heavy atom. The Kier molecular flexibility index (Phi) is 2.95. The van der Waals surface area contributed by atoms with Gasteiger partial charge in [-0.25, -0.2) is 4.98 Å². The molecule has 0 bridgehead atoms. The summed E-state index contributed by atoms with van der Waals surface area (Å²) in [6.07, 6.45) is 1.85. The topological polar surface area (TPSA) is 57.8 Å². The van der Waals surface area contributed by atoms with E-state index in [2.05, 4.69) is 15.3 Å². The van der Waals surface area contributed by atoms with E-state index in [9.17, 15) is 4.79 Å². The fourth-order valence-electron chi connectivity index (χ4n) is 1.51. The molecule has 0 fully saturated rings. The van der Waals surface area contributed by atoms with E-state index in [4.69, 9.17) is 0 Å². The Hall–Kier alpha value is -1.92. The van der Waals surface area contributed by atoms with Gasteiger partial charge < -0.3 is 4.98 Å². The van der Waals surface area contributed by atoms with Crippen LogP contribution in [0.15, 0.2) is 40.5 Å². The van der Waals surface area contributed by atoms with Crippen molar-refractivity contribution in [1.82, 2.24) is 9.97 Å². The molecule has 3 rings (SSSR count). The largest absolute Gasteiger partial charge is 0.360 e. The second kappa shape index (κ2) is 4.75. The Morgan fingerprint density at radius 2 is 2.28 bits per heavy atom. The highest BCUT2D eigenvalue weighted by atomic mass is 32.1. The smallest absolute Gasteiger partial charge is 0.258 e. The summed E-state index contributed by atoms with van der Waals surface area (Å²) in [7, 11) is 0. The molecule has 0 aromatic carbocycles. The zero-order valence-corrected chi connectivity index (χ0v) is 10.8. The molecule has 0 radical (unpaired) electrons. The van der Waals surface area contributed by atoms with Crippen LogP contribution in [0.5, 0.6) is 0 Å². The molecule has 0 unspecified atom stereocenters. The van der Waals surface area contributed by atoms with Crippen molar-refractivity contribution in [2.24, 2.45) is 0 Å². The molecule has 3 aromatic heterocycles. The van der Waals surface area contributed by atoms with Gasteiger partial charge in [-0.1, -0.05) is 0 Å². The van der Waals surface area contributed by atoms with Gasteiger partial charge in [0, 0.05) is 17.0 Å².